The van der Waals surface area contributed by atoms with Gasteiger partial charge in [0, 0.05) is 26.2 Å². The molecule has 0 aromatic heterocycles. The molecule has 0 bridgehead atoms. The van der Waals surface area contributed by atoms with E-state index in [1.807, 2.05) is 34.7 Å². The maximum atomic E-state index is 3.39. The third-order valence-corrected chi connectivity index (χ3v) is 3.44. The summed E-state index contributed by atoms with van der Waals surface area (Å²) in [4.78, 5) is 5.20. The van der Waals surface area contributed by atoms with Crippen LogP contribution in [0.2, 0.25) is 0 Å². The highest BCUT2D eigenvalue weighted by Crippen LogP contribution is 2.02. The third-order valence-electron chi connectivity index (χ3n) is 3.44. The van der Waals surface area contributed by atoms with Crippen LogP contribution in [0.3, 0.4) is 0 Å². The number of nitrogens with zero attached hydrogens (tertiary/aromatic N) is 2. The fourth-order valence-corrected chi connectivity index (χ4v) is 2.32. The average Bonchev–Trinajstić information content (AvgIpc) is 2.57. The van der Waals surface area contributed by atoms with E-state index >= 15 is 0 Å². The van der Waals surface area contributed by atoms with Crippen molar-refractivity contribution >= 4 is 0 Å². The molecule has 2 N–H and O–H groups in total. The summed E-state index contributed by atoms with van der Waals surface area (Å²) in [6.45, 7) is 21.1. The molecule has 0 atom stereocenters. The van der Waals surface area contributed by atoms with Crippen molar-refractivity contribution in [3.05, 3.63) is 0 Å². The first kappa shape index (κ1) is 23.1. The summed E-state index contributed by atoms with van der Waals surface area (Å²) in [6, 6.07) is 0. The maximum absolute atomic E-state index is 3.39. The molecule has 1 saturated heterocycles. The Hall–Kier alpha value is -0.160. The largest absolute Gasteiger partial charge is 0.320 e. The van der Waals surface area contributed by atoms with Crippen LogP contribution >= 0.6 is 0 Å². The molecule has 0 radical (unpaired) electrons. The van der Waals surface area contributed by atoms with Crippen LogP contribution in [0.5, 0.6) is 0 Å². The Kier molecular flexibility index (Phi) is 21.8. The van der Waals surface area contributed by atoms with Gasteiger partial charge >= 0.3 is 0 Å². The van der Waals surface area contributed by atoms with E-state index in [4.69, 9.17) is 0 Å². The van der Waals surface area contributed by atoms with Crippen LogP contribution in [0.4, 0.5) is 0 Å². The van der Waals surface area contributed by atoms with Gasteiger partial charge in [0.25, 0.3) is 0 Å². The maximum Gasteiger partial charge on any atom is 0.0110 e. The summed E-state index contributed by atoms with van der Waals surface area (Å²) in [6.07, 6.45) is 2.56. The first-order valence-corrected chi connectivity index (χ1v) is 9.17. The van der Waals surface area contributed by atoms with Gasteiger partial charge in [-0.1, -0.05) is 34.6 Å². The van der Waals surface area contributed by atoms with Crippen molar-refractivity contribution in [1.29, 1.82) is 0 Å². The monoisotopic (exact) mass is 302 g/mol. The zero-order valence-electron chi connectivity index (χ0n) is 15.7. The van der Waals surface area contributed by atoms with Crippen LogP contribution < -0.4 is 10.6 Å². The lowest BCUT2D eigenvalue weighted by molar-refractivity contribution is 0.130. The van der Waals surface area contributed by atoms with Gasteiger partial charge in [0.05, 0.1) is 0 Å². The van der Waals surface area contributed by atoms with E-state index in [0.717, 1.165) is 13.1 Å². The number of rotatable bonds is 9. The second-order valence-corrected chi connectivity index (χ2v) is 4.85. The zero-order valence-corrected chi connectivity index (χ0v) is 15.7. The second-order valence-electron chi connectivity index (χ2n) is 4.85. The van der Waals surface area contributed by atoms with Crippen LogP contribution in [0.1, 0.15) is 47.5 Å². The minimum absolute atomic E-state index is 1.10. The Labute approximate surface area is 134 Å². The fraction of sp³-hybridized carbons (Fsp3) is 1.00. The summed E-state index contributed by atoms with van der Waals surface area (Å²) in [7, 11) is 2.03. The number of hydrogen-bond acceptors (Lipinski definition) is 4. The molecule has 0 aromatic carbocycles. The Morgan fingerprint density at radius 3 is 1.57 bits per heavy atom. The van der Waals surface area contributed by atoms with Crippen LogP contribution in [0.25, 0.3) is 0 Å². The SMILES string of the molecule is CC.CC.CCNCCCN1CCN(CCCNC)CC1. The molecule has 1 aliphatic rings. The lowest BCUT2D eigenvalue weighted by Crippen LogP contribution is -2.47. The van der Waals surface area contributed by atoms with E-state index < -0.39 is 0 Å². The fourth-order valence-electron chi connectivity index (χ4n) is 2.32. The van der Waals surface area contributed by atoms with E-state index in [1.54, 1.807) is 0 Å². The topological polar surface area (TPSA) is 30.5 Å². The summed E-state index contributed by atoms with van der Waals surface area (Å²) >= 11 is 0. The number of piperazine rings is 1. The van der Waals surface area contributed by atoms with Gasteiger partial charge in [-0.2, -0.15) is 0 Å². The summed E-state index contributed by atoms with van der Waals surface area (Å²) in [5, 5.41) is 6.60. The van der Waals surface area contributed by atoms with E-state index in [1.165, 1.54) is 58.7 Å². The molecule has 130 valence electrons. The van der Waals surface area contributed by atoms with Crippen LogP contribution in [0.15, 0.2) is 0 Å². The van der Waals surface area contributed by atoms with Gasteiger partial charge < -0.3 is 20.4 Å². The zero-order chi connectivity index (χ0) is 16.3. The first-order chi connectivity index (χ1) is 10.4. The van der Waals surface area contributed by atoms with Crippen molar-refractivity contribution in [2.45, 2.75) is 47.5 Å². The van der Waals surface area contributed by atoms with Gasteiger partial charge in [-0.15, -0.1) is 0 Å². The standard InChI is InChI=1S/C13H30N4.2C2H6/c1-3-15-7-5-9-17-12-10-16(11-13-17)8-4-6-14-2;2*1-2/h14-15H,3-13H2,1-2H3;2*1-2H3. The van der Waals surface area contributed by atoms with E-state index in [2.05, 4.69) is 27.4 Å². The molecule has 1 heterocycles. The van der Waals surface area contributed by atoms with Gasteiger partial charge in [0.15, 0.2) is 0 Å². The Balaban J connectivity index is 0. The molecule has 4 heteroatoms. The van der Waals surface area contributed by atoms with Crippen LogP contribution in [-0.4, -0.2) is 75.8 Å². The molecule has 0 aliphatic carbocycles. The lowest BCUT2D eigenvalue weighted by Gasteiger charge is -2.34. The molecule has 0 unspecified atom stereocenters. The minimum Gasteiger partial charge on any atom is -0.320 e. The molecule has 0 saturated carbocycles. The van der Waals surface area contributed by atoms with E-state index in [-0.39, 0.29) is 0 Å². The quantitative estimate of drug-likeness (QED) is 0.640. The molecular formula is C17H42N4. The van der Waals surface area contributed by atoms with Crippen molar-refractivity contribution in [3.63, 3.8) is 0 Å². The van der Waals surface area contributed by atoms with Gasteiger partial charge in [-0.05, 0) is 52.6 Å². The number of nitrogens with one attached hydrogen (secondary N) is 2. The van der Waals surface area contributed by atoms with E-state index in [9.17, 15) is 0 Å². The predicted octanol–water partition coefficient (Wildman–Crippen LogP) is 2.27. The average molecular weight is 303 g/mol. The minimum atomic E-state index is 1.10. The van der Waals surface area contributed by atoms with Crippen molar-refractivity contribution in [1.82, 2.24) is 20.4 Å². The third kappa shape index (κ3) is 14.5. The Morgan fingerprint density at radius 2 is 1.19 bits per heavy atom. The molecule has 0 aromatic rings. The van der Waals surface area contributed by atoms with E-state index in [0.29, 0.717) is 0 Å². The lowest BCUT2D eigenvalue weighted by atomic mass is 10.2. The highest BCUT2D eigenvalue weighted by atomic mass is 15.3. The van der Waals surface area contributed by atoms with Crippen molar-refractivity contribution in [2.75, 3.05) is 66.0 Å². The summed E-state index contributed by atoms with van der Waals surface area (Å²) in [5.41, 5.74) is 0. The normalized spacial score (nSPS) is 15.7. The highest BCUT2D eigenvalue weighted by molar-refractivity contribution is 4.72. The molecule has 0 amide bonds. The van der Waals surface area contributed by atoms with Gasteiger partial charge in [-0.25, -0.2) is 0 Å². The first-order valence-electron chi connectivity index (χ1n) is 9.17. The van der Waals surface area contributed by atoms with Crippen molar-refractivity contribution in [3.8, 4) is 0 Å². The second kappa shape index (κ2) is 19.8. The van der Waals surface area contributed by atoms with Crippen molar-refractivity contribution < 1.29 is 0 Å². The Bertz CT molecular complexity index is 168. The predicted molar refractivity (Wildman–Crippen MR) is 97.3 cm³/mol. The van der Waals surface area contributed by atoms with Gasteiger partial charge in [-0.3, -0.25) is 0 Å². The summed E-state index contributed by atoms with van der Waals surface area (Å²) in [5.74, 6) is 0. The summed E-state index contributed by atoms with van der Waals surface area (Å²) < 4.78 is 0. The number of hydrogen-bond donors (Lipinski definition) is 2. The van der Waals surface area contributed by atoms with Gasteiger partial charge in [0.1, 0.15) is 0 Å². The van der Waals surface area contributed by atoms with Crippen LogP contribution in [0, 0.1) is 0 Å². The highest BCUT2D eigenvalue weighted by Gasteiger charge is 2.15. The van der Waals surface area contributed by atoms with Gasteiger partial charge in [0.2, 0.25) is 0 Å². The molecule has 1 aliphatic heterocycles. The molecule has 1 rings (SSSR count). The Morgan fingerprint density at radius 1 is 0.762 bits per heavy atom. The molecular weight excluding hydrogens is 260 g/mol. The molecule has 0 spiro atoms. The van der Waals surface area contributed by atoms with Crippen LogP contribution in [-0.2, 0) is 0 Å². The smallest absolute Gasteiger partial charge is 0.0110 e. The van der Waals surface area contributed by atoms with Crippen molar-refractivity contribution in [2.24, 2.45) is 0 Å². The molecule has 4 nitrogen and oxygen atoms in total. The molecule has 1 fully saturated rings. The molecule has 21 heavy (non-hydrogen) atoms.